The van der Waals surface area contributed by atoms with E-state index in [0.717, 1.165) is 6.42 Å². The van der Waals surface area contributed by atoms with Crippen LogP contribution in [0, 0.1) is 11.3 Å². The second kappa shape index (κ2) is 6.30. The molecular formula is C17H20N2S. The first-order chi connectivity index (χ1) is 9.56. The molecule has 0 saturated heterocycles. The van der Waals surface area contributed by atoms with Gasteiger partial charge in [0, 0.05) is 10.1 Å². The Balaban J connectivity index is 2.10. The van der Waals surface area contributed by atoms with Crippen LogP contribution in [0.4, 0.5) is 0 Å². The van der Waals surface area contributed by atoms with Crippen molar-refractivity contribution in [3.05, 3.63) is 42.5 Å². The fraction of sp³-hybridized carbons (Fsp3) is 0.353. The number of hydrogen-bond acceptors (Lipinski definition) is 3. The van der Waals surface area contributed by atoms with Crippen LogP contribution in [0.1, 0.15) is 20.3 Å². The molecule has 2 nitrogen and oxygen atoms in total. The molecule has 2 atom stereocenters. The Labute approximate surface area is 125 Å². The van der Waals surface area contributed by atoms with Crippen molar-refractivity contribution in [1.29, 1.82) is 5.26 Å². The van der Waals surface area contributed by atoms with Gasteiger partial charge in [-0.2, -0.15) is 5.26 Å². The van der Waals surface area contributed by atoms with Gasteiger partial charge in [-0.3, -0.25) is 0 Å². The van der Waals surface area contributed by atoms with Crippen molar-refractivity contribution in [3.63, 3.8) is 0 Å². The van der Waals surface area contributed by atoms with Crippen molar-refractivity contribution >= 4 is 22.5 Å². The average molecular weight is 284 g/mol. The van der Waals surface area contributed by atoms with E-state index in [2.05, 4.69) is 60.8 Å². The van der Waals surface area contributed by atoms with Crippen LogP contribution in [0.15, 0.2) is 47.4 Å². The van der Waals surface area contributed by atoms with Gasteiger partial charge < -0.3 is 5.32 Å². The summed E-state index contributed by atoms with van der Waals surface area (Å²) in [6.45, 7) is 4.12. The molecule has 0 spiro atoms. The van der Waals surface area contributed by atoms with Gasteiger partial charge in [0.25, 0.3) is 0 Å². The van der Waals surface area contributed by atoms with E-state index in [0.29, 0.717) is 5.25 Å². The van der Waals surface area contributed by atoms with E-state index in [1.807, 2.05) is 25.7 Å². The molecule has 0 aliphatic rings. The Morgan fingerprint density at radius 3 is 2.60 bits per heavy atom. The minimum absolute atomic E-state index is 0.383. The minimum atomic E-state index is -0.455. The smallest absolute Gasteiger partial charge is 0.104 e. The minimum Gasteiger partial charge on any atom is -0.303 e. The highest BCUT2D eigenvalue weighted by atomic mass is 32.2. The standard InChI is InChI=1S/C17H20N2S/c1-13(11-17(2,12-18)19-3)20-16-9-8-14-6-4-5-7-15(14)10-16/h4-10,13,19H,11H2,1-3H3. The van der Waals surface area contributed by atoms with E-state index in [1.54, 1.807) is 0 Å². The quantitative estimate of drug-likeness (QED) is 0.835. The highest BCUT2D eigenvalue weighted by Crippen LogP contribution is 2.30. The number of nitrogens with zero attached hydrogens (tertiary/aromatic N) is 1. The Bertz CT molecular complexity index is 632. The van der Waals surface area contributed by atoms with Crippen molar-refractivity contribution < 1.29 is 0 Å². The van der Waals surface area contributed by atoms with Gasteiger partial charge >= 0.3 is 0 Å². The highest BCUT2D eigenvalue weighted by Gasteiger charge is 2.24. The number of nitrogens with one attached hydrogen (secondary N) is 1. The summed E-state index contributed by atoms with van der Waals surface area (Å²) in [6.07, 6.45) is 0.817. The molecule has 2 aromatic rings. The van der Waals surface area contributed by atoms with E-state index in [4.69, 9.17) is 0 Å². The van der Waals surface area contributed by atoms with E-state index in [1.165, 1.54) is 15.7 Å². The number of rotatable bonds is 5. The van der Waals surface area contributed by atoms with Crippen LogP contribution >= 0.6 is 11.8 Å². The van der Waals surface area contributed by atoms with Gasteiger partial charge in [0.2, 0.25) is 0 Å². The molecule has 0 aliphatic heterocycles. The fourth-order valence-electron chi connectivity index (χ4n) is 2.29. The Hall–Kier alpha value is -1.50. The van der Waals surface area contributed by atoms with Crippen molar-refractivity contribution in [1.82, 2.24) is 5.32 Å². The maximum absolute atomic E-state index is 9.22. The molecule has 104 valence electrons. The predicted molar refractivity (Wildman–Crippen MR) is 87.0 cm³/mol. The zero-order valence-corrected chi connectivity index (χ0v) is 13.0. The van der Waals surface area contributed by atoms with Gasteiger partial charge in [0.05, 0.1) is 6.07 Å². The molecule has 0 aromatic heterocycles. The number of nitriles is 1. The molecule has 0 fully saturated rings. The average Bonchev–Trinajstić information content (AvgIpc) is 2.47. The lowest BCUT2D eigenvalue weighted by atomic mass is 9.98. The number of fused-ring (bicyclic) bond motifs is 1. The summed E-state index contributed by atoms with van der Waals surface area (Å²) in [4.78, 5) is 1.26. The van der Waals surface area contributed by atoms with Gasteiger partial charge in [0.15, 0.2) is 0 Å². The van der Waals surface area contributed by atoms with Crippen molar-refractivity contribution in [2.24, 2.45) is 0 Å². The molecule has 2 rings (SSSR count). The molecule has 0 bridgehead atoms. The lowest BCUT2D eigenvalue weighted by molar-refractivity contribution is 0.455. The maximum atomic E-state index is 9.22. The van der Waals surface area contributed by atoms with Crippen molar-refractivity contribution in [3.8, 4) is 6.07 Å². The zero-order valence-electron chi connectivity index (χ0n) is 12.2. The van der Waals surface area contributed by atoms with Crippen LogP contribution in [0.25, 0.3) is 10.8 Å². The van der Waals surface area contributed by atoms with Gasteiger partial charge in [-0.25, -0.2) is 0 Å². The summed E-state index contributed by atoms with van der Waals surface area (Å²) in [5.74, 6) is 0. The molecule has 0 aliphatic carbocycles. The second-order valence-electron chi connectivity index (χ2n) is 5.34. The Morgan fingerprint density at radius 2 is 1.95 bits per heavy atom. The molecule has 0 radical (unpaired) electrons. The summed E-state index contributed by atoms with van der Waals surface area (Å²) in [5, 5.41) is 15.2. The molecule has 20 heavy (non-hydrogen) atoms. The first kappa shape index (κ1) is 14.9. The summed E-state index contributed by atoms with van der Waals surface area (Å²) in [6, 6.07) is 17.3. The predicted octanol–water partition coefficient (Wildman–Crippen LogP) is 4.21. The lowest BCUT2D eigenvalue weighted by Crippen LogP contribution is -2.40. The first-order valence-corrected chi connectivity index (χ1v) is 7.70. The van der Waals surface area contributed by atoms with E-state index >= 15 is 0 Å². The Morgan fingerprint density at radius 1 is 1.25 bits per heavy atom. The molecule has 2 unspecified atom stereocenters. The monoisotopic (exact) mass is 284 g/mol. The Kier molecular flexibility index (Phi) is 4.69. The summed E-state index contributed by atoms with van der Waals surface area (Å²) in [5.41, 5.74) is -0.455. The van der Waals surface area contributed by atoms with Gasteiger partial charge in [-0.1, -0.05) is 37.3 Å². The van der Waals surface area contributed by atoms with Crippen LogP contribution in [-0.2, 0) is 0 Å². The summed E-state index contributed by atoms with van der Waals surface area (Å²) < 4.78 is 0. The first-order valence-electron chi connectivity index (χ1n) is 6.82. The third kappa shape index (κ3) is 3.53. The second-order valence-corrected chi connectivity index (χ2v) is 6.85. The van der Waals surface area contributed by atoms with Crippen LogP contribution in [0.2, 0.25) is 0 Å². The van der Waals surface area contributed by atoms with Crippen LogP contribution in [0.5, 0.6) is 0 Å². The molecule has 1 N–H and O–H groups in total. The number of hydrogen-bond donors (Lipinski definition) is 1. The van der Waals surface area contributed by atoms with Crippen LogP contribution < -0.4 is 5.32 Å². The number of benzene rings is 2. The van der Waals surface area contributed by atoms with E-state index in [9.17, 15) is 5.26 Å². The number of thioether (sulfide) groups is 1. The third-order valence-electron chi connectivity index (χ3n) is 3.55. The molecule has 0 heterocycles. The zero-order chi connectivity index (χ0) is 14.6. The molecule has 2 aromatic carbocycles. The van der Waals surface area contributed by atoms with Gasteiger partial charge in [-0.05, 0) is 43.3 Å². The topological polar surface area (TPSA) is 35.8 Å². The van der Waals surface area contributed by atoms with Crippen LogP contribution in [-0.4, -0.2) is 17.8 Å². The van der Waals surface area contributed by atoms with Gasteiger partial charge in [0.1, 0.15) is 5.54 Å². The highest BCUT2D eigenvalue weighted by molar-refractivity contribution is 8.00. The molecule has 0 saturated carbocycles. The summed E-state index contributed by atoms with van der Waals surface area (Å²) >= 11 is 1.82. The molecular weight excluding hydrogens is 264 g/mol. The lowest BCUT2D eigenvalue weighted by Gasteiger charge is -2.24. The fourth-order valence-corrected chi connectivity index (χ4v) is 3.52. The van der Waals surface area contributed by atoms with Crippen molar-refractivity contribution in [2.75, 3.05) is 7.05 Å². The van der Waals surface area contributed by atoms with Crippen molar-refractivity contribution in [2.45, 2.75) is 36.0 Å². The maximum Gasteiger partial charge on any atom is 0.104 e. The largest absolute Gasteiger partial charge is 0.303 e. The van der Waals surface area contributed by atoms with E-state index < -0.39 is 5.54 Å². The molecule has 0 amide bonds. The normalized spacial score (nSPS) is 15.5. The van der Waals surface area contributed by atoms with Crippen LogP contribution in [0.3, 0.4) is 0 Å². The third-order valence-corrected chi connectivity index (χ3v) is 4.65. The molecule has 3 heteroatoms. The van der Waals surface area contributed by atoms with E-state index in [-0.39, 0.29) is 0 Å². The van der Waals surface area contributed by atoms with Gasteiger partial charge in [-0.15, -0.1) is 11.8 Å². The SMILES string of the molecule is CNC(C)(C#N)CC(C)Sc1ccc2ccccc2c1. The summed E-state index contributed by atoms with van der Waals surface area (Å²) in [7, 11) is 1.84.